The van der Waals surface area contributed by atoms with Crippen LogP contribution in [0, 0.1) is 11.7 Å². The molecule has 0 aromatic heterocycles. The van der Waals surface area contributed by atoms with Gasteiger partial charge in [-0.25, -0.2) is 4.39 Å². The van der Waals surface area contributed by atoms with Gasteiger partial charge in [-0.2, -0.15) is 0 Å². The molecule has 2 rings (SSSR count). The largest absolute Gasteiger partial charge is 0.299 e. The van der Waals surface area contributed by atoms with Gasteiger partial charge in [0, 0.05) is 12.6 Å². The highest BCUT2D eigenvalue weighted by Gasteiger charge is 2.24. The summed E-state index contributed by atoms with van der Waals surface area (Å²) < 4.78 is 13.8. The van der Waals surface area contributed by atoms with Gasteiger partial charge in [-0.15, -0.1) is 0 Å². The Morgan fingerprint density at radius 3 is 2.72 bits per heavy atom. The van der Waals surface area contributed by atoms with Crippen LogP contribution < -0.4 is 0 Å². The molecule has 0 heterocycles. The molecule has 2 unspecified atom stereocenters. The van der Waals surface area contributed by atoms with E-state index in [1.54, 1.807) is 0 Å². The van der Waals surface area contributed by atoms with E-state index in [2.05, 4.69) is 34.8 Å². The molecule has 0 N–H and O–H groups in total. The molecule has 18 heavy (non-hydrogen) atoms. The third-order valence-corrected chi connectivity index (χ3v) is 4.66. The first kappa shape index (κ1) is 14.0. The lowest BCUT2D eigenvalue weighted by Gasteiger charge is -2.36. The zero-order chi connectivity index (χ0) is 13.1. The fourth-order valence-corrected chi connectivity index (χ4v) is 3.42. The summed E-state index contributed by atoms with van der Waals surface area (Å²) >= 11 is 3.25. The molecule has 0 saturated heterocycles. The molecule has 0 bridgehead atoms. The monoisotopic (exact) mass is 313 g/mol. The highest BCUT2D eigenvalue weighted by molar-refractivity contribution is 9.10. The van der Waals surface area contributed by atoms with Gasteiger partial charge in [-0.05, 0) is 59.4 Å². The Kier molecular flexibility index (Phi) is 4.79. The van der Waals surface area contributed by atoms with Crippen molar-refractivity contribution in [2.45, 2.75) is 45.2 Å². The summed E-state index contributed by atoms with van der Waals surface area (Å²) in [7, 11) is 2.18. The van der Waals surface area contributed by atoms with E-state index < -0.39 is 0 Å². The van der Waals surface area contributed by atoms with Crippen LogP contribution in [0.25, 0.3) is 0 Å². The third-order valence-electron chi connectivity index (χ3n) is 4.05. The number of hydrogen-bond acceptors (Lipinski definition) is 1. The molecule has 0 amide bonds. The summed E-state index contributed by atoms with van der Waals surface area (Å²) in [6.07, 6.45) is 5.34. The summed E-state index contributed by atoms with van der Waals surface area (Å²) in [5.41, 5.74) is 1.17. The van der Waals surface area contributed by atoms with Gasteiger partial charge < -0.3 is 0 Å². The van der Waals surface area contributed by atoms with Crippen LogP contribution in [0.2, 0.25) is 0 Å². The summed E-state index contributed by atoms with van der Waals surface area (Å²) in [6.45, 7) is 3.24. The number of rotatable bonds is 3. The van der Waals surface area contributed by atoms with Crippen molar-refractivity contribution in [2.24, 2.45) is 5.92 Å². The maximum Gasteiger partial charge on any atom is 0.137 e. The molecule has 1 fully saturated rings. The van der Waals surface area contributed by atoms with Gasteiger partial charge >= 0.3 is 0 Å². The van der Waals surface area contributed by atoms with Gasteiger partial charge in [0.15, 0.2) is 0 Å². The van der Waals surface area contributed by atoms with Crippen LogP contribution in [-0.2, 0) is 6.54 Å². The van der Waals surface area contributed by atoms with Crippen molar-refractivity contribution in [1.29, 1.82) is 0 Å². The predicted octanol–water partition coefficient (Wildman–Crippen LogP) is 4.60. The molecule has 100 valence electrons. The Morgan fingerprint density at radius 1 is 1.33 bits per heavy atom. The Hall–Kier alpha value is -0.410. The number of benzene rings is 1. The zero-order valence-corrected chi connectivity index (χ0v) is 12.7. The van der Waals surface area contributed by atoms with Crippen molar-refractivity contribution < 1.29 is 4.39 Å². The predicted molar refractivity (Wildman–Crippen MR) is 77.0 cm³/mol. The van der Waals surface area contributed by atoms with Crippen molar-refractivity contribution in [3.05, 3.63) is 34.1 Å². The summed E-state index contributed by atoms with van der Waals surface area (Å²) in [6, 6.07) is 5.98. The normalized spacial score (nSPS) is 24.5. The molecule has 0 radical (unpaired) electrons. The van der Waals surface area contributed by atoms with Gasteiger partial charge in [0.05, 0.1) is 4.47 Å². The van der Waals surface area contributed by atoms with E-state index in [0.29, 0.717) is 10.5 Å². The van der Waals surface area contributed by atoms with E-state index in [9.17, 15) is 4.39 Å². The first-order chi connectivity index (χ1) is 8.58. The number of nitrogens with zero attached hydrogens (tertiary/aromatic N) is 1. The lowest BCUT2D eigenvalue weighted by Crippen LogP contribution is -2.38. The Bertz CT molecular complexity index is 407. The van der Waals surface area contributed by atoms with Crippen LogP contribution in [0.1, 0.15) is 38.2 Å². The summed E-state index contributed by atoms with van der Waals surface area (Å²) in [4.78, 5) is 2.42. The Labute approximate surface area is 118 Å². The zero-order valence-electron chi connectivity index (χ0n) is 11.1. The van der Waals surface area contributed by atoms with Crippen LogP contribution in [0.4, 0.5) is 4.39 Å². The second-order valence-corrected chi connectivity index (χ2v) is 6.35. The van der Waals surface area contributed by atoms with E-state index in [1.165, 1.54) is 37.3 Å². The van der Waals surface area contributed by atoms with Crippen molar-refractivity contribution in [3.8, 4) is 0 Å². The molecule has 1 nitrogen and oxygen atoms in total. The van der Waals surface area contributed by atoms with Crippen LogP contribution in [-0.4, -0.2) is 18.0 Å². The number of halogens is 2. The van der Waals surface area contributed by atoms with Gasteiger partial charge in [0.1, 0.15) is 5.82 Å². The lowest BCUT2D eigenvalue weighted by atomic mass is 9.85. The first-order valence-corrected chi connectivity index (χ1v) is 7.51. The smallest absolute Gasteiger partial charge is 0.137 e. The highest BCUT2D eigenvalue weighted by atomic mass is 79.9. The maximum absolute atomic E-state index is 13.2. The van der Waals surface area contributed by atoms with Crippen molar-refractivity contribution in [2.75, 3.05) is 7.05 Å². The molecule has 0 aliphatic heterocycles. The molecule has 2 atom stereocenters. The Balaban J connectivity index is 2.01. The quantitative estimate of drug-likeness (QED) is 0.788. The minimum absolute atomic E-state index is 0.188. The SMILES string of the molecule is CC1CCCCC1N(C)Cc1ccc(F)c(Br)c1. The standard InChI is InChI=1S/C15H21BrFN/c1-11-5-3-4-6-15(11)18(2)10-12-7-8-14(17)13(16)9-12/h7-9,11,15H,3-6,10H2,1-2H3. The minimum atomic E-state index is -0.188. The van der Waals surface area contributed by atoms with Gasteiger partial charge in [-0.3, -0.25) is 4.90 Å². The maximum atomic E-state index is 13.2. The van der Waals surface area contributed by atoms with Crippen molar-refractivity contribution in [3.63, 3.8) is 0 Å². The van der Waals surface area contributed by atoms with E-state index in [4.69, 9.17) is 0 Å². The molecular formula is C15H21BrFN. The average Bonchev–Trinajstić information content (AvgIpc) is 2.34. The highest BCUT2D eigenvalue weighted by Crippen LogP contribution is 2.28. The molecule has 3 heteroatoms. The van der Waals surface area contributed by atoms with E-state index >= 15 is 0 Å². The minimum Gasteiger partial charge on any atom is -0.299 e. The molecule has 1 aromatic carbocycles. The van der Waals surface area contributed by atoms with Crippen LogP contribution in [0.5, 0.6) is 0 Å². The first-order valence-electron chi connectivity index (χ1n) is 6.72. The second-order valence-electron chi connectivity index (χ2n) is 5.49. The molecule has 0 spiro atoms. The van der Waals surface area contributed by atoms with E-state index in [1.807, 2.05) is 12.1 Å². The van der Waals surface area contributed by atoms with Crippen LogP contribution >= 0.6 is 15.9 Å². The summed E-state index contributed by atoms with van der Waals surface area (Å²) in [5.74, 6) is 0.583. The average molecular weight is 314 g/mol. The number of hydrogen-bond donors (Lipinski definition) is 0. The fraction of sp³-hybridized carbons (Fsp3) is 0.600. The topological polar surface area (TPSA) is 3.24 Å². The lowest BCUT2D eigenvalue weighted by molar-refractivity contribution is 0.133. The van der Waals surface area contributed by atoms with Crippen molar-refractivity contribution >= 4 is 15.9 Å². The Morgan fingerprint density at radius 2 is 2.06 bits per heavy atom. The van der Waals surface area contributed by atoms with Gasteiger partial charge in [-0.1, -0.05) is 25.8 Å². The molecule has 1 aliphatic carbocycles. The van der Waals surface area contributed by atoms with Crippen LogP contribution in [0.3, 0.4) is 0 Å². The van der Waals surface area contributed by atoms with E-state index in [0.717, 1.165) is 12.5 Å². The van der Waals surface area contributed by atoms with Crippen molar-refractivity contribution in [1.82, 2.24) is 4.90 Å². The van der Waals surface area contributed by atoms with E-state index in [-0.39, 0.29) is 5.82 Å². The van der Waals surface area contributed by atoms with Gasteiger partial charge in [0.25, 0.3) is 0 Å². The fourth-order valence-electron chi connectivity index (χ4n) is 2.99. The molecular weight excluding hydrogens is 293 g/mol. The van der Waals surface area contributed by atoms with Crippen LogP contribution in [0.15, 0.2) is 22.7 Å². The second kappa shape index (κ2) is 6.16. The molecule has 1 aromatic rings. The molecule has 1 saturated carbocycles. The molecule has 1 aliphatic rings. The van der Waals surface area contributed by atoms with Gasteiger partial charge in [0.2, 0.25) is 0 Å². The third kappa shape index (κ3) is 3.33. The summed E-state index contributed by atoms with van der Waals surface area (Å²) in [5, 5.41) is 0.